The molecule has 0 aliphatic heterocycles. The summed E-state index contributed by atoms with van der Waals surface area (Å²) in [6, 6.07) is 167. The monoisotopic (exact) mass is 1840 g/mol. The third-order valence-electron chi connectivity index (χ3n) is 27.2. The summed E-state index contributed by atoms with van der Waals surface area (Å²) >= 11 is 0. The number of fused-ring (bicyclic) bond motifs is 18. The third kappa shape index (κ3) is 14.9. The normalized spacial score (nSPS) is 11.6. The van der Waals surface area contributed by atoms with Crippen LogP contribution in [0.15, 0.2) is 499 Å². The maximum Gasteiger partial charge on any atom is 0.167 e. The van der Waals surface area contributed by atoms with E-state index in [9.17, 15) is 0 Å². The molecule has 0 atom stereocenters. The highest BCUT2D eigenvalue weighted by Crippen LogP contribution is 2.47. The minimum Gasteiger partial charge on any atom is -0.455 e. The van der Waals surface area contributed by atoms with Crippen molar-refractivity contribution in [3.63, 3.8) is 0 Å². The number of furan rings is 3. The van der Waals surface area contributed by atoms with E-state index in [1.807, 2.05) is 158 Å². The van der Waals surface area contributed by atoms with Crippen molar-refractivity contribution in [2.45, 2.75) is 0 Å². The van der Waals surface area contributed by atoms with Crippen molar-refractivity contribution in [1.82, 2.24) is 58.6 Å². The first-order chi connectivity index (χ1) is 71.4. The van der Waals surface area contributed by atoms with Gasteiger partial charge >= 0.3 is 0 Å². The van der Waals surface area contributed by atoms with Gasteiger partial charge < -0.3 is 27.0 Å². The summed E-state index contributed by atoms with van der Waals surface area (Å²) in [4.78, 5) is 45.1. The first-order valence-electron chi connectivity index (χ1n) is 48.0. The zero-order chi connectivity index (χ0) is 95.1. The first kappa shape index (κ1) is 83.6. The summed E-state index contributed by atoms with van der Waals surface area (Å²) in [6.45, 7) is 0. The van der Waals surface area contributed by atoms with Crippen LogP contribution < -0.4 is 0 Å². The average Bonchev–Trinajstić information content (AvgIpc) is 1.57. The van der Waals surface area contributed by atoms with Gasteiger partial charge in [-0.05, 0) is 138 Å². The number of hydrogen-bond donors (Lipinski definition) is 0. The highest BCUT2D eigenvalue weighted by molar-refractivity contribution is 6.22. The van der Waals surface area contributed by atoms with Crippen LogP contribution in [0.5, 0.6) is 0 Å². The van der Waals surface area contributed by atoms with Gasteiger partial charge in [-0.15, -0.1) is 0 Å². The van der Waals surface area contributed by atoms with Gasteiger partial charge in [0.25, 0.3) is 0 Å². The highest BCUT2D eigenvalue weighted by atomic mass is 16.3. The molecule has 0 amide bonds. The summed E-state index contributed by atoms with van der Waals surface area (Å²) in [5, 5.41) is 13.2. The summed E-state index contributed by atoms with van der Waals surface area (Å²) in [5.74, 6) is 5.38. The second-order valence-electron chi connectivity index (χ2n) is 35.8. The number of rotatable bonds is 14. The maximum absolute atomic E-state index is 6.77. The molecule has 0 aliphatic rings. The van der Waals surface area contributed by atoms with E-state index < -0.39 is 0 Å². The van der Waals surface area contributed by atoms with Crippen LogP contribution in [0.25, 0.3) is 273 Å². The van der Waals surface area contributed by atoms with Crippen LogP contribution in [0.4, 0.5) is 0 Å². The van der Waals surface area contributed by atoms with Gasteiger partial charge in [0.05, 0.1) is 49.8 Å². The van der Waals surface area contributed by atoms with E-state index in [4.69, 9.17) is 58.1 Å². The van der Waals surface area contributed by atoms with Crippen molar-refractivity contribution in [2.75, 3.05) is 0 Å². The molecule has 0 bridgehead atoms. The zero-order valence-electron chi connectivity index (χ0n) is 77.3. The largest absolute Gasteiger partial charge is 0.455 e. The average molecular weight is 1850 g/mol. The van der Waals surface area contributed by atoms with E-state index in [1.165, 1.54) is 27.2 Å². The van der Waals surface area contributed by atoms with Crippen LogP contribution in [0.3, 0.4) is 0 Å². The maximum atomic E-state index is 6.77. The Balaban J connectivity index is 0.000000108. The molecule has 29 aromatic rings. The molecular weight excluding hydrogens is 1770 g/mol. The van der Waals surface area contributed by atoms with Gasteiger partial charge in [-0.1, -0.05) is 370 Å². The topological polar surface area (TPSA) is 170 Å². The number of para-hydroxylation sites is 9. The lowest BCUT2D eigenvalue weighted by atomic mass is 10.0. The van der Waals surface area contributed by atoms with Crippen molar-refractivity contribution < 1.29 is 13.3 Å². The van der Waals surface area contributed by atoms with Crippen LogP contribution in [0, 0.1) is 0 Å². The Labute approximate surface area is 824 Å². The number of aromatic nitrogens is 12. The molecule has 0 saturated heterocycles. The number of hydrogen-bond acceptors (Lipinski definition) is 12. The lowest BCUT2D eigenvalue weighted by Crippen LogP contribution is -2.00. The van der Waals surface area contributed by atoms with Gasteiger partial charge in [0, 0.05) is 115 Å². The molecular formula is C129H80N12O3. The van der Waals surface area contributed by atoms with Crippen LogP contribution in [0.1, 0.15) is 0 Å². The highest BCUT2D eigenvalue weighted by Gasteiger charge is 2.27. The van der Waals surface area contributed by atoms with Crippen molar-refractivity contribution in [3.8, 4) is 142 Å². The Morgan fingerprint density at radius 2 is 0.347 bits per heavy atom. The third-order valence-corrected chi connectivity index (χ3v) is 27.2. The number of nitrogens with zero attached hydrogens (tertiary/aromatic N) is 12. The summed E-state index contributed by atoms with van der Waals surface area (Å²) in [6.07, 6.45) is 0. The second-order valence-corrected chi connectivity index (χ2v) is 35.8. The molecule has 0 fully saturated rings. The molecule has 674 valence electrons. The Kier molecular flexibility index (Phi) is 20.5. The lowest BCUT2D eigenvalue weighted by molar-refractivity contribution is 0.669. The van der Waals surface area contributed by atoms with Crippen molar-refractivity contribution in [3.05, 3.63) is 485 Å². The van der Waals surface area contributed by atoms with Gasteiger partial charge in [0.1, 0.15) is 33.5 Å². The summed E-state index contributed by atoms with van der Waals surface area (Å²) in [7, 11) is 0. The van der Waals surface area contributed by atoms with E-state index >= 15 is 0 Å². The molecule has 9 heterocycles. The summed E-state index contributed by atoms with van der Waals surface area (Å²) < 4.78 is 27.2. The molecule has 0 N–H and O–H groups in total. The van der Waals surface area contributed by atoms with Crippen molar-refractivity contribution >= 4 is 131 Å². The quantitative estimate of drug-likeness (QED) is 0.101. The molecule has 20 aromatic carbocycles. The SMILES string of the molecule is c1ccc(-c2ccc(-c3nc(-c4ccccc4)nc(-c4cccc5c4oc4cc6c7ccccc7n(-c7ccccc7)c6cc45)n3)cc2)cc1.c1ccc(-c2cccc(-c3nc(-c4ccccc4)nc(-c4cccc5c4oc4cc6c7ccccc7n(-c7ccccc7)c6cc45)n3)c2)cc1.c1ccc(-c2nc(-c3ccccc3)nc(-c3cccc4c3oc3cc5c6ccccc6n(-c6ccccc6)c5cc34)n2)cc1. The molecule has 0 unspecified atom stereocenters. The molecule has 9 aromatic heterocycles. The minimum atomic E-state index is 0.562. The van der Waals surface area contributed by atoms with Gasteiger partial charge in [-0.3, -0.25) is 0 Å². The predicted octanol–water partition coefficient (Wildman–Crippen LogP) is 32.9. The Bertz CT molecular complexity index is 9940. The fourth-order valence-corrected chi connectivity index (χ4v) is 20.4. The Morgan fingerprint density at radius 1 is 0.132 bits per heavy atom. The molecule has 15 nitrogen and oxygen atoms in total. The van der Waals surface area contributed by atoms with Crippen LogP contribution >= 0.6 is 0 Å². The van der Waals surface area contributed by atoms with Crippen molar-refractivity contribution in [2.24, 2.45) is 0 Å². The Hall–Kier alpha value is -19.8. The van der Waals surface area contributed by atoms with Crippen molar-refractivity contribution in [1.29, 1.82) is 0 Å². The minimum absolute atomic E-state index is 0.562. The zero-order valence-corrected chi connectivity index (χ0v) is 77.3. The molecule has 144 heavy (non-hydrogen) atoms. The lowest BCUT2D eigenvalue weighted by Gasteiger charge is -2.10. The first-order valence-corrected chi connectivity index (χ1v) is 48.0. The Morgan fingerprint density at radius 3 is 0.660 bits per heavy atom. The van der Waals surface area contributed by atoms with E-state index in [0.717, 1.165) is 193 Å². The van der Waals surface area contributed by atoms with E-state index in [2.05, 4.69) is 341 Å². The second kappa shape index (κ2) is 35.3. The van der Waals surface area contributed by atoms with Gasteiger partial charge in [-0.25, -0.2) is 44.9 Å². The van der Waals surface area contributed by atoms with Gasteiger partial charge in [-0.2, -0.15) is 0 Å². The van der Waals surface area contributed by atoms with E-state index in [0.29, 0.717) is 52.4 Å². The molecule has 29 rings (SSSR count). The van der Waals surface area contributed by atoms with Gasteiger partial charge in [0.2, 0.25) is 0 Å². The molecule has 0 aliphatic carbocycles. The van der Waals surface area contributed by atoms with Crippen LogP contribution in [-0.4, -0.2) is 58.6 Å². The summed E-state index contributed by atoms with van der Waals surface area (Å²) in [5.41, 5.74) is 27.5. The standard InChI is InChI=1S/2C45H28N4O.C39H24N4O/c1-4-14-29(15-5-1)31-18-12-19-32(26-31)44-46-43(30-16-6-2-7-17-30)47-45(48-44)36-24-13-23-35-38-27-40-37(28-41(38)50-42(35)36)34-22-10-11-25-39(34)49(40)33-20-8-3-9-21-33;1-4-13-29(14-5-1)30-23-25-32(26-24-30)44-46-43(31-15-6-2-7-16-31)47-45(48-44)36-21-12-20-35-38-27-40-37(28-41(38)50-42(35)36)34-19-10-11-22-39(34)49(40)33-17-8-3-9-18-33;1-4-13-25(14-5-1)37-40-38(26-15-6-2-7-16-26)42-39(41-37)30-21-12-20-29-32-23-34-31(24-35(32)44-36(29)30)28-19-10-11-22-33(28)43(34)27-17-8-3-9-18-27/h2*1-28H;1-24H. The molecule has 0 spiro atoms. The van der Waals surface area contributed by atoms with Gasteiger partial charge in [0.15, 0.2) is 52.4 Å². The van der Waals surface area contributed by atoms with Crippen LogP contribution in [0.2, 0.25) is 0 Å². The molecule has 0 saturated carbocycles. The number of benzene rings is 20. The smallest absolute Gasteiger partial charge is 0.167 e. The van der Waals surface area contributed by atoms with Crippen LogP contribution in [-0.2, 0) is 0 Å². The predicted molar refractivity (Wildman–Crippen MR) is 584 cm³/mol. The fourth-order valence-electron chi connectivity index (χ4n) is 20.4. The van der Waals surface area contributed by atoms with E-state index in [-0.39, 0.29) is 0 Å². The van der Waals surface area contributed by atoms with E-state index in [1.54, 1.807) is 0 Å². The molecule has 0 radical (unpaired) electrons. The molecule has 15 heteroatoms. The fraction of sp³-hybridized carbons (Fsp3) is 0.